The van der Waals surface area contributed by atoms with Gasteiger partial charge in [0.15, 0.2) is 5.96 Å². The van der Waals surface area contributed by atoms with Crippen molar-refractivity contribution in [1.29, 1.82) is 0 Å². The molecule has 0 saturated heterocycles. The van der Waals surface area contributed by atoms with E-state index in [2.05, 4.69) is 16.6 Å². The molecule has 3 N–H and O–H groups in total. The van der Waals surface area contributed by atoms with Crippen molar-refractivity contribution in [3.8, 4) is 0 Å². The van der Waals surface area contributed by atoms with Crippen LogP contribution in [0, 0.1) is 0 Å². The predicted octanol–water partition coefficient (Wildman–Crippen LogP) is 0.416. The molecule has 0 unspecified atom stereocenters. The summed E-state index contributed by atoms with van der Waals surface area (Å²) in [7, 11) is 0. The average molecular weight is 173 g/mol. The molecule has 64 valence electrons. The fraction of sp³-hybridized carbons (Fsp3) is 0.857. The lowest BCUT2D eigenvalue weighted by molar-refractivity contribution is 0.886. The van der Waals surface area contributed by atoms with E-state index in [1.54, 1.807) is 11.8 Å². The zero-order valence-electron chi connectivity index (χ0n) is 6.84. The fourth-order valence-corrected chi connectivity index (χ4v) is 1.01. The first-order valence-corrected chi connectivity index (χ1v) is 5.27. The van der Waals surface area contributed by atoms with Crippen LogP contribution >= 0.6 is 11.8 Å². The number of hydrogen-bond donors (Lipinski definition) is 2. The monoisotopic (exact) mass is 173 g/mol. The zero-order chi connectivity index (χ0) is 8.10. The van der Waals surface area contributed by atoms with E-state index in [0.29, 0.717) is 12.0 Å². The quantitative estimate of drug-likeness (QED) is 0.368. The van der Waals surface area contributed by atoms with Crippen molar-refractivity contribution in [2.45, 2.75) is 18.9 Å². The molecule has 0 aromatic rings. The summed E-state index contributed by atoms with van der Waals surface area (Å²) in [5.74, 6) is 1.66. The Morgan fingerprint density at radius 2 is 2.45 bits per heavy atom. The lowest BCUT2D eigenvalue weighted by Crippen LogP contribution is -2.33. The number of aliphatic imine (C=N–C) groups is 1. The molecule has 4 heteroatoms. The minimum absolute atomic E-state index is 0.613. The van der Waals surface area contributed by atoms with Crippen LogP contribution in [0.15, 0.2) is 4.99 Å². The van der Waals surface area contributed by atoms with Gasteiger partial charge in [0.2, 0.25) is 0 Å². The summed E-state index contributed by atoms with van der Waals surface area (Å²) < 4.78 is 0. The third-order valence-electron chi connectivity index (χ3n) is 1.51. The van der Waals surface area contributed by atoms with Gasteiger partial charge < -0.3 is 11.1 Å². The first kappa shape index (κ1) is 8.71. The van der Waals surface area contributed by atoms with Crippen LogP contribution in [0.1, 0.15) is 12.8 Å². The van der Waals surface area contributed by atoms with Gasteiger partial charge in [-0.25, -0.2) is 0 Å². The van der Waals surface area contributed by atoms with Crippen LogP contribution in [0.4, 0.5) is 0 Å². The van der Waals surface area contributed by atoms with E-state index in [1.807, 2.05) is 0 Å². The van der Waals surface area contributed by atoms with Gasteiger partial charge in [-0.1, -0.05) is 0 Å². The van der Waals surface area contributed by atoms with Gasteiger partial charge in [0.05, 0.1) is 6.54 Å². The number of rotatable bonds is 4. The highest BCUT2D eigenvalue weighted by Gasteiger charge is 2.20. The first-order valence-electron chi connectivity index (χ1n) is 3.88. The smallest absolute Gasteiger partial charge is 0.188 e. The van der Waals surface area contributed by atoms with Gasteiger partial charge in [-0.3, -0.25) is 4.99 Å². The van der Waals surface area contributed by atoms with Crippen LogP contribution in [0.25, 0.3) is 0 Å². The number of nitrogens with one attached hydrogen (secondary N) is 1. The Hall–Kier alpha value is -0.380. The molecule has 1 rings (SSSR count). The summed E-state index contributed by atoms with van der Waals surface area (Å²) in [6.45, 7) is 0.826. The number of nitrogens with zero attached hydrogens (tertiary/aromatic N) is 1. The van der Waals surface area contributed by atoms with Crippen LogP contribution in [-0.2, 0) is 0 Å². The molecule has 11 heavy (non-hydrogen) atoms. The number of thioether (sulfide) groups is 1. The number of guanidine groups is 1. The van der Waals surface area contributed by atoms with Crippen molar-refractivity contribution < 1.29 is 0 Å². The van der Waals surface area contributed by atoms with Gasteiger partial charge >= 0.3 is 0 Å². The minimum atomic E-state index is 0.613. The Labute approximate surface area is 71.8 Å². The summed E-state index contributed by atoms with van der Waals surface area (Å²) in [6, 6.07) is 0.619. The Bertz CT molecular complexity index is 143. The summed E-state index contributed by atoms with van der Waals surface area (Å²) >= 11 is 1.79. The highest BCUT2D eigenvalue weighted by Crippen LogP contribution is 2.17. The van der Waals surface area contributed by atoms with Gasteiger partial charge in [0.1, 0.15) is 0 Å². The van der Waals surface area contributed by atoms with Gasteiger partial charge in [0.25, 0.3) is 0 Å². The lowest BCUT2D eigenvalue weighted by atomic mass is 10.7. The van der Waals surface area contributed by atoms with E-state index in [4.69, 9.17) is 5.73 Å². The van der Waals surface area contributed by atoms with Crippen LogP contribution in [0.2, 0.25) is 0 Å². The third kappa shape index (κ3) is 4.14. The van der Waals surface area contributed by atoms with E-state index in [0.717, 1.165) is 12.3 Å². The highest BCUT2D eigenvalue weighted by molar-refractivity contribution is 7.98. The first-order chi connectivity index (χ1) is 5.33. The molecule has 0 bridgehead atoms. The largest absolute Gasteiger partial charge is 0.370 e. The minimum Gasteiger partial charge on any atom is -0.370 e. The fourth-order valence-electron chi connectivity index (χ4n) is 0.740. The highest BCUT2D eigenvalue weighted by atomic mass is 32.2. The molecule has 1 aliphatic rings. The topological polar surface area (TPSA) is 50.4 Å². The third-order valence-corrected chi connectivity index (χ3v) is 2.10. The van der Waals surface area contributed by atoms with Gasteiger partial charge in [-0.2, -0.15) is 11.8 Å². The van der Waals surface area contributed by atoms with Gasteiger partial charge in [-0.15, -0.1) is 0 Å². The van der Waals surface area contributed by atoms with Gasteiger partial charge in [-0.05, 0) is 19.1 Å². The van der Waals surface area contributed by atoms with E-state index < -0.39 is 0 Å². The summed E-state index contributed by atoms with van der Waals surface area (Å²) in [5, 5.41) is 3.13. The molecule has 0 aromatic carbocycles. The van der Waals surface area contributed by atoms with Crippen molar-refractivity contribution in [1.82, 2.24) is 5.32 Å². The van der Waals surface area contributed by atoms with Crippen molar-refractivity contribution in [2.24, 2.45) is 10.7 Å². The molecule has 1 fully saturated rings. The average Bonchev–Trinajstić information content (AvgIpc) is 2.72. The second-order valence-electron chi connectivity index (χ2n) is 2.68. The van der Waals surface area contributed by atoms with E-state index >= 15 is 0 Å². The molecule has 0 radical (unpaired) electrons. The maximum atomic E-state index is 5.59. The molecule has 0 amide bonds. The maximum Gasteiger partial charge on any atom is 0.188 e. The Balaban J connectivity index is 2.05. The molecule has 1 saturated carbocycles. The summed E-state index contributed by atoms with van der Waals surface area (Å²) in [4.78, 5) is 4.16. The van der Waals surface area contributed by atoms with Crippen LogP contribution < -0.4 is 11.1 Å². The second kappa shape index (κ2) is 4.49. The molecular weight excluding hydrogens is 158 g/mol. The van der Waals surface area contributed by atoms with Gasteiger partial charge in [0, 0.05) is 11.8 Å². The molecular formula is C7H15N3S. The Morgan fingerprint density at radius 3 is 3.00 bits per heavy atom. The van der Waals surface area contributed by atoms with E-state index in [9.17, 15) is 0 Å². The number of nitrogens with two attached hydrogens (primary N) is 1. The van der Waals surface area contributed by atoms with Crippen molar-refractivity contribution in [3.05, 3.63) is 0 Å². The molecule has 0 atom stereocenters. The lowest BCUT2D eigenvalue weighted by Gasteiger charge is -2.01. The summed E-state index contributed by atoms with van der Waals surface area (Å²) in [5.41, 5.74) is 5.59. The zero-order valence-corrected chi connectivity index (χ0v) is 7.66. The van der Waals surface area contributed by atoms with Crippen molar-refractivity contribution >= 4 is 17.7 Å². The normalized spacial score (nSPS) is 18.5. The predicted molar refractivity (Wildman–Crippen MR) is 51.0 cm³/mol. The Morgan fingerprint density at radius 1 is 1.73 bits per heavy atom. The van der Waals surface area contributed by atoms with Crippen molar-refractivity contribution in [3.63, 3.8) is 0 Å². The van der Waals surface area contributed by atoms with E-state index in [-0.39, 0.29) is 0 Å². The van der Waals surface area contributed by atoms with E-state index in [1.165, 1.54) is 12.8 Å². The van der Waals surface area contributed by atoms with Crippen LogP contribution in [0.3, 0.4) is 0 Å². The number of hydrogen-bond acceptors (Lipinski definition) is 2. The molecule has 0 aromatic heterocycles. The molecule has 0 spiro atoms. The van der Waals surface area contributed by atoms with Crippen LogP contribution in [0.5, 0.6) is 0 Å². The second-order valence-corrected chi connectivity index (χ2v) is 3.66. The molecule has 1 aliphatic carbocycles. The standard InChI is InChI=1S/C7H15N3S/c1-11-5-4-9-7(8)10-6-2-3-6/h6H,2-5H2,1H3,(H3,8,9,10). The maximum absolute atomic E-state index is 5.59. The summed E-state index contributed by atoms with van der Waals surface area (Å²) in [6.07, 6.45) is 4.57. The van der Waals surface area contributed by atoms with Crippen LogP contribution in [-0.4, -0.2) is 30.6 Å². The molecule has 0 aliphatic heterocycles. The van der Waals surface area contributed by atoms with Crippen molar-refractivity contribution in [2.75, 3.05) is 18.6 Å². The molecule has 0 heterocycles. The molecule has 3 nitrogen and oxygen atoms in total. The Kier molecular flexibility index (Phi) is 3.56. The SMILES string of the molecule is CSCCN=C(N)NC1CC1.